The third-order valence-electron chi connectivity index (χ3n) is 3.64. The first kappa shape index (κ1) is 12.8. The Labute approximate surface area is 116 Å². The Morgan fingerprint density at radius 3 is 3.05 bits per heavy atom. The number of fused-ring (bicyclic) bond motifs is 1. The quantitative estimate of drug-likeness (QED) is 0.915. The average Bonchev–Trinajstić information content (AvgIpc) is 2.82. The van der Waals surface area contributed by atoms with Crippen molar-refractivity contribution in [3.05, 3.63) is 46.9 Å². The summed E-state index contributed by atoms with van der Waals surface area (Å²) in [6.45, 7) is 2.15. The smallest absolute Gasteiger partial charge is 0.261 e. The fraction of sp³-hybridized carbons (Fsp3) is 0.333. The van der Waals surface area contributed by atoms with Gasteiger partial charge in [0.1, 0.15) is 5.82 Å². The predicted molar refractivity (Wildman–Crippen MR) is 72.0 cm³/mol. The standard InChI is InChI=1S/C15H15FN2O2/c1-9-6-7-13-11(8-9)15(20-18-13)17-14(19)10-4-2-3-5-12(10)16/h2-5,9H,6-8H2,1H3,(H,17,19). The number of carbonyl (C=O) groups excluding carboxylic acids is 1. The molecule has 1 N–H and O–H groups in total. The molecular formula is C15H15FN2O2. The summed E-state index contributed by atoms with van der Waals surface area (Å²) in [6, 6.07) is 5.86. The van der Waals surface area contributed by atoms with Crippen molar-refractivity contribution in [2.24, 2.45) is 5.92 Å². The number of aryl methyl sites for hydroxylation is 1. The molecule has 1 aliphatic carbocycles. The molecule has 1 aromatic heterocycles. The predicted octanol–water partition coefficient (Wildman–Crippen LogP) is 3.19. The maximum absolute atomic E-state index is 13.6. The second-order valence-corrected chi connectivity index (χ2v) is 5.22. The summed E-state index contributed by atoms with van der Waals surface area (Å²) in [5.74, 6) is -0.183. The number of halogens is 1. The van der Waals surface area contributed by atoms with Crippen molar-refractivity contribution in [1.29, 1.82) is 0 Å². The maximum Gasteiger partial charge on any atom is 0.261 e. The largest absolute Gasteiger partial charge is 0.338 e. The van der Waals surface area contributed by atoms with E-state index in [1.807, 2.05) is 0 Å². The van der Waals surface area contributed by atoms with Crippen molar-refractivity contribution in [2.45, 2.75) is 26.2 Å². The van der Waals surface area contributed by atoms with E-state index in [9.17, 15) is 9.18 Å². The molecule has 5 heteroatoms. The van der Waals surface area contributed by atoms with Crippen LogP contribution in [0, 0.1) is 11.7 Å². The van der Waals surface area contributed by atoms with Crippen molar-refractivity contribution in [3.8, 4) is 0 Å². The van der Waals surface area contributed by atoms with E-state index in [1.54, 1.807) is 12.1 Å². The Morgan fingerprint density at radius 2 is 2.25 bits per heavy atom. The van der Waals surface area contributed by atoms with Gasteiger partial charge < -0.3 is 4.52 Å². The summed E-state index contributed by atoms with van der Waals surface area (Å²) in [7, 11) is 0. The molecule has 0 aliphatic heterocycles. The number of nitrogens with one attached hydrogen (secondary N) is 1. The van der Waals surface area contributed by atoms with Gasteiger partial charge in [-0.3, -0.25) is 10.1 Å². The van der Waals surface area contributed by atoms with Crippen LogP contribution >= 0.6 is 0 Å². The van der Waals surface area contributed by atoms with E-state index in [-0.39, 0.29) is 5.56 Å². The third-order valence-corrected chi connectivity index (χ3v) is 3.64. The lowest BCUT2D eigenvalue weighted by Gasteiger charge is -2.16. The van der Waals surface area contributed by atoms with Gasteiger partial charge >= 0.3 is 0 Å². The Balaban J connectivity index is 1.84. The van der Waals surface area contributed by atoms with Gasteiger partial charge in [0.25, 0.3) is 5.91 Å². The molecule has 2 aromatic rings. The Bertz CT molecular complexity index is 651. The van der Waals surface area contributed by atoms with Gasteiger partial charge in [-0.15, -0.1) is 0 Å². The number of amides is 1. The van der Waals surface area contributed by atoms with Crippen LogP contribution in [0.15, 0.2) is 28.8 Å². The Hall–Kier alpha value is -2.17. The van der Waals surface area contributed by atoms with E-state index < -0.39 is 11.7 Å². The van der Waals surface area contributed by atoms with E-state index in [0.717, 1.165) is 30.5 Å². The fourth-order valence-corrected chi connectivity index (χ4v) is 2.50. The van der Waals surface area contributed by atoms with Crippen LogP contribution < -0.4 is 5.32 Å². The summed E-state index contributed by atoms with van der Waals surface area (Å²) in [4.78, 5) is 12.1. The number of anilines is 1. The van der Waals surface area contributed by atoms with Gasteiger partial charge in [0.15, 0.2) is 0 Å². The molecule has 0 saturated heterocycles. The molecule has 3 rings (SSSR count). The monoisotopic (exact) mass is 274 g/mol. The molecule has 0 radical (unpaired) electrons. The zero-order valence-corrected chi connectivity index (χ0v) is 11.1. The van der Waals surface area contributed by atoms with E-state index in [0.29, 0.717) is 11.8 Å². The summed E-state index contributed by atoms with van der Waals surface area (Å²) in [5, 5.41) is 6.60. The molecule has 0 saturated carbocycles. The molecule has 1 unspecified atom stereocenters. The number of aromatic nitrogens is 1. The highest BCUT2D eigenvalue weighted by Crippen LogP contribution is 2.30. The van der Waals surface area contributed by atoms with Crippen LogP contribution in [0.4, 0.5) is 10.3 Å². The molecule has 1 atom stereocenters. The van der Waals surface area contributed by atoms with Crippen LogP contribution in [-0.4, -0.2) is 11.1 Å². The van der Waals surface area contributed by atoms with Crippen molar-refractivity contribution in [2.75, 3.05) is 5.32 Å². The zero-order chi connectivity index (χ0) is 14.1. The van der Waals surface area contributed by atoms with Crippen LogP contribution in [0.1, 0.15) is 35.0 Å². The van der Waals surface area contributed by atoms with Crippen LogP contribution in [0.2, 0.25) is 0 Å². The van der Waals surface area contributed by atoms with E-state index >= 15 is 0 Å². The summed E-state index contributed by atoms with van der Waals surface area (Å²) < 4.78 is 18.8. The highest BCUT2D eigenvalue weighted by molar-refractivity contribution is 6.04. The highest BCUT2D eigenvalue weighted by atomic mass is 19.1. The van der Waals surface area contributed by atoms with Crippen LogP contribution in [0.3, 0.4) is 0 Å². The average molecular weight is 274 g/mol. The first-order valence-corrected chi connectivity index (χ1v) is 6.68. The van der Waals surface area contributed by atoms with Gasteiger partial charge in [0.2, 0.25) is 5.88 Å². The second-order valence-electron chi connectivity index (χ2n) is 5.22. The normalized spacial score (nSPS) is 17.6. The third kappa shape index (κ3) is 2.31. The topological polar surface area (TPSA) is 55.1 Å². The van der Waals surface area contributed by atoms with Crippen LogP contribution in [0.25, 0.3) is 0 Å². The SMILES string of the molecule is CC1CCc2noc(NC(=O)c3ccccc3F)c2C1. The van der Waals surface area contributed by atoms with Gasteiger partial charge in [-0.25, -0.2) is 4.39 Å². The number of rotatable bonds is 2. The number of hydrogen-bond acceptors (Lipinski definition) is 3. The van der Waals surface area contributed by atoms with E-state index in [1.165, 1.54) is 12.1 Å². The van der Waals surface area contributed by atoms with Gasteiger partial charge in [-0.1, -0.05) is 24.2 Å². The van der Waals surface area contributed by atoms with E-state index in [4.69, 9.17) is 4.52 Å². The molecule has 0 bridgehead atoms. The lowest BCUT2D eigenvalue weighted by molar-refractivity contribution is 0.102. The minimum absolute atomic E-state index is 0.00140. The first-order chi connectivity index (χ1) is 9.65. The molecule has 0 spiro atoms. The van der Waals surface area contributed by atoms with Crippen molar-refractivity contribution in [3.63, 3.8) is 0 Å². The Morgan fingerprint density at radius 1 is 1.45 bits per heavy atom. The Kier molecular flexibility index (Phi) is 3.26. The minimum atomic E-state index is -0.549. The lowest BCUT2D eigenvalue weighted by atomic mass is 9.89. The number of benzene rings is 1. The first-order valence-electron chi connectivity index (χ1n) is 6.68. The molecule has 104 valence electrons. The van der Waals surface area contributed by atoms with E-state index in [2.05, 4.69) is 17.4 Å². The summed E-state index contributed by atoms with van der Waals surface area (Å²) in [5.41, 5.74) is 1.84. The number of nitrogens with zero attached hydrogens (tertiary/aromatic N) is 1. The van der Waals surface area contributed by atoms with Crippen LogP contribution in [0.5, 0.6) is 0 Å². The van der Waals surface area contributed by atoms with Crippen molar-refractivity contribution < 1.29 is 13.7 Å². The van der Waals surface area contributed by atoms with Crippen LogP contribution in [-0.2, 0) is 12.8 Å². The highest BCUT2D eigenvalue weighted by Gasteiger charge is 2.25. The maximum atomic E-state index is 13.6. The molecule has 0 fully saturated rings. The lowest BCUT2D eigenvalue weighted by Crippen LogP contribution is -2.16. The molecule has 4 nitrogen and oxygen atoms in total. The van der Waals surface area contributed by atoms with Crippen molar-refractivity contribution in [1.82, 2.24) is 5.16 Å². The molecular weight excluding hydrogens is 259 g/mol. The molecule has 1 aliphatic rings. The summed E-state index contributed by atoms with van der Waals surface area (Å²) >= 11 is 0. The number of hydrogen-bond donors (Lipinski definition) is 1. The zero-order valence-electron chi connectivity index (χ0n) is 11.1. The van der Waals surface area contributed by atoms with Crippen molar-refractivity contribution >= 4 is 11.8 Å². The van der Waals surface area contributed by atoms with Gasteiger partial charge in [-0.2, -0.15) is 0 Å². The van der Waals surface area contributed by atoms with Gasteiger partial charge in [0, 0.05) is 5.56 Å². The van der Waals surface area contributed by atoms with Gasteiger partial charge in [-0.05, 0) is 37.3 Å². The fourth-order valence-electron chi connectivity index (χ4n) is 2.50. The molecule has 1 aromatic carbocycles. The van der Waals surface area contributed by atoms with Gasteiger partial charge in [0.05, 0.1) is 11.3 Å². The molecule has 20 heavy (non-hydrogen) atoms. The summed E-state index contributed by atoms with van der Waals surface area (Å²) in [6.07, 6.45) is 2.75. The molecule has 1 heterocycles. The molecule has 1 amide bonds. The minimum Gasteiger partial charge on any atom is -0.338 e. The number of carbonyl (C=O) groups is 1. The second kappa shape index (κ2) is 5.07.